The molecular formula is C9H13IN2O2. The third kappa shape index (κ3) is 4.40. The number of rotatable bonds is 5. The first kappa shape index (κ1) is 13.2. The Balaban J connectivity index is 0.00000169. The first-order valence-electron chi connectivity index (χ1n) is 4.13. The zero-order valence-electron chi connectivity index (χ0n) is 7.77. The van der Waals surface area contributed by atoms with Gasteiger partial charge in [0.15, 0.2) is 0 Å². The number of carboxylic acids is 1. The summed E-state index contributed by atoms with van der Waals surface area (Å²) in [7, 11) is 0. The molecule has 1 aromatic heterocycles. The van der Waals surface area contributed by atoms with E-state index in [1.807, 2.05) is 27.9 Å². The SMILES string of the molecule is C=Cn1cc[n+](CCCC(=O)O)c1.[I-]. The van der Waals surface area contributed by atoms with Crippen molar-refractivity contribution in [3.63, 3.8) is 0 Å². The van der Waals surface area contributed by atoms with Gasteiger partial charge < -0.3 is 29.1 Å². The van der Waals surface area contributed by atoms with Gasteiger partial charge in [0.2, 0.25) is 6.33 Å². The molecule has 0 bridgehead atoms. The van der Waals surface area contributed by atoms with Gasteiger partial charge in [-0.1, -0.05) is 6.58 Å². The number of aliphatic carboxylic acids is 1. The zero-order chi connectivity index (χ0) is 9.68. The average molecular weight is 308 g/mol. The Morgan fingerprint density at radius 3 is 2.86 bits per heavy atom. The highest BCUT2D eigenvalue weighted by atomic mass is 127. The Labute approximate surface area is 99.9 Å². The lowest BCUT2D eigenvalue weighted by atomic mass is 10.3. The van der Waals surface area contributed by atoms with Crippen LogP contribution in [0.25, 0.3) is 6.20 Å². The van der Waals surface area contributed by atoms with Gasteiger partial charge in [0.05, 0.1) is 12.7 Å². The van der Waals surface area contributed by atoms with E-state index in [0.29, 0.717) is 6.42 Å². The summed E-state index contributed by atoms with van der Waals surface area (Å²) in [6.45, 7) is 4.34. The van der Waals surface area contributed by atoms with E-state index in [1.54, 1.807) is 6.20 Å². The van der Waals surface area contributed by atoms with Crippen LogP contribution in [0.15, 0.2) is 25.3 Å². The van der Waals surface area contributed by atoms with Crippen LogP contribution in [0.3, 0.4) is 0 Å². The number of carbonyl (C=O) groups is 1. The van der Waals surface area contributed by atoms with Gasteiger partial charge in [0.1, 0.15) is 12.4 Å². The van der Waals surface area contributed by atoms with Crippen molar-refractivity contribution in [2.75, 3.05) is 0 Å². The predicted octanol–water partition coefficient (Wildman–Crippen LogP) is -2.26. The molecule has 0 saturated heterocycles. The molecule has 1 aromatic rings. The van der Waals surface area contributed by atoms with E-state index in [9.17, 15) is 4.79 Å². The lowest BCUT2D eigenvalue weighted by Gasteiger charge is -1.92. The fourth-order valence-electron chi connectivity index (χ4n) is 1.06. The normalized spacial score (nSPS) is 9.14. The molecule has 0 radical (unpaired) electrons. The fraction of sp³-hybridized carbons (Fsp3) is 0.333. The van der Waals surface area contributed by atoms with Crippen LogP contribution in [-0.2, 0) is 11.3 Å². The topological polar surface area (TPSA) is 46.1 Å². The summed E-state index contributed by atoms with van der Waals surface area (Å²) in [5.74, 6) is -0.747. The summed E-state index contributed by atoms with van der Waals surface area (Å²) in [6, 6.07) is 0. The minimum absolute atomic E-state index is 0. The zero-order valence-corrected chi connectivity index (χ0v) is 9.92. The second-order valence-electron chi connectivity index (χ2n) is 2.78. The number of aromatic nitrogens is 2. The Morgan fingerprint density at radius 2 is 2.36 bits per heavy atom. The van der Waals surface area contributed by atoms with E-state index in [0.717, 1.165) is 6.54 Å². The van der Waals surface area contributed by atoms with Crippen molar-refractivity contribution in [2.45, 2.75) is 19.4 Å². The average Bonchev–Trinajstić information content (AvgIpc) is 2.52. The van der Waals surface area contributed by atoms with Crippen LogP contribution >= 0.6 is 0 Å². The Kier molecular flexibility index (Phi) is 6.18. The van der Waals surface area contributed by atoms with Crippen molar-refractivity contribution in [1.82, 2.24) is 4.57 Å². The van der Waals surface area contributed by atoms with E-state index in [1.165, 1.54) is 0 Å². The minimum atomic E-state index is -0.747. The largest absolute Gasteiger partial charge is 1.00 e. The number of halogens is 1. The highest BCUT2D eigenvalue weighted by molar-refractivity contribution is 5.66. The van der Waals surface area contributed by atoms with E-state index in [-0.39, 0.29) is 30.4 Å². The molecule has 0 aromatic carbocycles. The summed E-state index contributed by atoms with van der Waals surface area (Å²) in [4.78, 5) is 10.2. The molecule has 0 fully saturated rings. The van der Waals surface area contributed by atoms with E-state index < -0.39 is 5.97 Å². The molecule has 0 aliphatic carbocycles. The van der Waals surface area contributed by atoms with E-state index in [4.69, 9.17) is 5.11 Å². The fourth-order valence-corrected chi connectivity index (χ4v) is 1.06. The maximum absolute atomic E-state index is 10.2. The highest BCUT2D eigenvalue weighted by Crippen LogP contribution is 1.89. The third-order valence-corrected chi connectivity index (χ3v) is 1.73. The molecule has 0 aliphatic rings. The number of aryl methyl sites for hydroxylation is 1. The number of nitrogens with zero attached hydrogens (tertiary/aromatic N) is 2. The minimum Gasteiger partial charge on any atom is -1.00 e. The molecule has 0 aliphatic heterocycles. The smallest absolute Gasteiger partial charge is 0.303 e. The van der Waals surface area contributed by atoms with E-state index >= 15 is 0 Å². The quantitative estimate of drug-likeness (QED) is 0.493. The first-order chi connectivity index (χ1) is 6.22. The number of hydrogen-bond acceptors (Lipinski definition) is 1. The summed E-state index contributed by atoms with van der Waals surface area (Å²) >= 11 is 0. The Bertz CT molecular complexity index is 310. The van der Waals surface area contributed by atoms with Crippen molar-refractivity contribution in [3.8, 4) is 0 Å². The summed E-state index contributed by atoms with van der Waals surface area (Å²) in [5.41, 5.74) is 0. The molecule has 1 rings (SSSR count). The summed E-state index contributed by atoms with van der Waals surface area (Å²) < 4.78 is 3.76. The van der Waals surface area contributed by atoms with Gasteiger partial charge in [-0.15, -0.1) is 0 Å². The van der Waals surface area contributed by atoms with Gasteiger partial charge in [-0.05, 0) is 6.42 Å². The summed E-state index contributed by atoms with van der Waals surface area (Å²) in [5, 5.41) is 8.41. The number of carboxylic acid groups (broad SMARTS) is 1. The maximum atomic E-state index is 10.2. The second kappa shape index (κ2) is 6.58. The van der Waals surface area contributed by atoms with Crippen molar-refractivity contribution in [1.29, 1.82) is 0 Å². The standard InChI is InChI=1S/C9H12N2O2.HI/c1-2-10-6-7-11(8-10)5-3-4-9(12)13;/h2,6-8H,1,3-5H2;1H. The van der Waals surface area contributed by atoms with E-state index in [2.05, 4.69) is 6.58 Å². The van der Waals surface area contributed by atoms with Crippen LogP contribution < -0.4 is 28.5 Å². The molecule has 1 heterocycles. The molecular weight excluding hydrogens is 295 g/mol. The highest BCUT2D eigenvalue weighted by Gasteiger charge is 2.02. The molecule has 0 unspecified atom stereocenters. The Morgan fingerprint density at radius 1 is 1.64 bits per heavy atom. The van der Waals surface area contributed by atoms with Gasteiger partial charge >= 0.3 is 5.97 Å². The van der Waals surface area contributed by atoms with Crippen LogP contribution in [-0.4, -0.2) is 15.6 Å². The molecule has 14 heavy (non-hydrogen) atoms. The molecule has 1 N–H and O–H groups in total. The monoisotopic (exact) mass is 308 g/mol. The van der Waals surface area contributed by atoms with Gasteiger partial charge in [0.25, 0.3) is 0 Å². The second-order valence-corrected chi connectivity index (χ2v) is 2.78. The molecule has 0 amide bonds. The van der Waals surface area contributed by atoms with Crippen molar-refractivity contribution in [2.24, 2.45) is 0 Å². The van der Waals surface area contributed by atoms with Crippen molar-refractivity contribution >= 4 is 12.2 Å². The van der Waals surface area contributed by atoms with Gasteiger partial charge in [-0.2, -0.15) is 0 Å². The van der Waals surface area contributed by atoms with Crippen LogP contribution in [0, 0.1) is 0 Å². The molecule has 5 heteroatoms. The van der Waals surface area contributed by atoms with Gasteiger partial charge in [0, 0.05) is 6.42 Å². The van der Waals surface area contributed by atoms with Crippen LogP contribution in [0.4, 0.5) is 0 Å². The lowest BCUT2D eigenvalue weighted by molar-refractivity contribution is -0.696. The number of hydrogen-bond donors (Lipinski definition) is 1. The first-order valence-corrected chi connectivity index (χ1v) is 4.13. The molecule has 4 nitrogen and oxygen atoms in total. The van der Waals surface area contributed by atoms with Crippen molar-refractivity contribution < 1.29 is 38.4 Å². The van der Waals surface area contributed by atoms with Crippen molar-refractivity contribution in [3.05, 3.63) is 25.3 Å². The molecule has 0 atom stereocenters. The number of imidazole rings is 1. The van der Waals surface area contributed by atoms with Crippen LogP contribution in [0.2, 0.25) is 0 Å². The third-order valence-electron chi connectivity index (χ3n) is 1.73. The molecule has 0 spiro atoms. The van der Waals surface area contributed by atoms with Gasteiger partial charge in [-0.3, -0.25) is 4.79 Å². The van der Waals surface area contributed by atoms with Crippen LogP contribution in [0.5, 0.6) is 0 Å². The Hall–Kier alpha value is -0.850. The molecule has 0 saturated carbocycles. The van der Waals surface area contributed by atoms with Crippen LogP contribution in [0.1, 0.15) is 12.8 Å². The summed E-state index contributed by atoms with van der Waals surface area (Å²) in [6.07, 6.45) is 8.19. The maximum Gasteiger partial charge on any atom is 0.303 e. The predicted molar refractivity (Wildman–Crippen MR) is 47.9 cm³/mol. The lowest BCUT2D eigenvalue weighted by Crippen LogP contribution is -3.00. The molecule has 78 valence electrons. The van der Waals surface area contributed by atoms with Gasteiger partial charge in [-0.25, -0.2) is 9.13 Å².